The summed E-state index contributed by atoms with van der Waals surface area (Å²) in [7, 11) is 0. The molecule has 1 aromatic carbocycles. The lowest BCUT2D eigenvalue weighted by molar-refractivity contribution is 0.147. The molecule has 2 nitrogen and oxygen atoms in total. The molecule has 0 aromatic heterocycles. The molecule has 20 heavy (non-hydrogen) atoms. The van der Waals surface area contributed by atoms with E-state index in [-0.39, 0.29) is 6.10 Å². The summed E-state index contributed by atoms with van der Waals surface area (Å²) in [6.07, 6.45) is 0.216. The molecule has 0 fully saturated rings. The summed E-state index contributed by atoms with van der Waals surface area (Å²) in [5.74, 6) is 2.20. The Kier molecular flexibility index (Phi) is 6.54. The molecule has 0 aliphatic carbocycles. The highest BCUT2D eigenvalue weighted by Gasteiger charge is 2.17. The van der Waals surface area contributed by atoms with Crippen LogP contribution in [0.15, 0.2) is 12.1 Å². The van der Waals surface area contributed by atoms with Crippen LogP contribution in [0.2, 0.25) is 0 Å². The van der Waals surface area contributed by atoms with Crippen molar-refractivity contribution in [3.05, 3.63) is 28.8 Å². The van der Waals surface area contributed by atoms with Crippen molar-refractivity contribution in [2.45, 2.75) is 54.6 Å². The summed E-state index contributed by atoms with van der Waals surface area (Å²) >= 11 is 0. The molecule has 0 spiro atoms. The Balaban J connectivity index is 2.75. The van der Waals surface area contributed by atoms with Gasteiger partial charge in [0, 0.05) is 6.54 Å². The predicted molar refractivity (Wildman–Crippen MR) is 87.6 cm³/mol. The van der Waals surface area contributed by atoms with Gasteiger partial charge in [0.1, 0.15) is 11.9 Å². The quantitative estimate of drug-likeness (QED) is 0.804. The van der Waals surface area contributed by atoms with Crippen molar-refractivity contribution in [2.75, 3.05) is 13.1 Å². The molecular formula is C18H31NO. The van der Waals surface area contributed by atoms with Crippen LogP contribution in [0.25, 0.3) is 0 Å². The third kappa shape index (κ3) is 5.16. The molecule has 0 aliphatic rings. The molecule has 0 heterocycles. The Bertz CT molecular complexity index is 424. The molecule has 114 valence electrons. The normalized spacial score (nSPS) is 13.1. The Morgan fingerprint density at radius 1 is 1.00 bits per heavy atom. The number of ether oxygens (including phenoxy) is 1. The van der Waals surface area contributed by atoms with Gasteiger partial charge in [-0.1, -0.05) is 33.8 Å². The molecule has 0 amide bonds. The zero-order valence-electron chi connectivity index (χ0n) is 14.2. The van der Waals surface area contributed by atoms with Crippen molar-refractivity contribution in [1.82, 2.24) is 5.32 Å². The second kappa shape index (κ2) is 7.68. The van der Waals surface area contributed by atoms with Crippen LogP contribution in [-0.2, 0) is 0 Å². The highest BCUT2D eigenvalue weighted by molar-refractivity contribution is 5.42. The van der Waals surface area contributed by atoms with E-state index in [4.69, 9.17) is 4.74 Å². The first-order chi connectivity index (χ1) is 9.31. The highest BCUT2D eigenvalue weighted by Crippen LogP contribution is 2.25. The lowest BCUT2D eigenvalue weighted by Gasteiger charge is -2.25. The maximum absolute atomic E-state index is 6.29. The largest absolute Gasteiger partial charge is 0.489 e. The van der Waals surface area contributed by atoms with Crippen LogP contribution in [-0.4, -0.2) is 19.2 Å². The van der Waals surface area contributed by atoms with Gasteiger partial charge >= 0.3 is 0 Å². The molecule has 0 saturated heterocycles. The van der Waals surface area contributed by atoms with Gasteiger partial charge in [-0.15, -0.1) is 0 Å². The monoisotopic (exact) mass is 277 g/mol. The van der Waals surface area contributed by atoms with Crippen molar-refractivity contribution in [2.24, 2.45) is 11.8 Å². The van der Waals surface area contributed by atoms with Gasteiger partial charge in [0.2, 0.25) is 0 Å². The van der Waals surface area contributed by atoms with Crippen molar-refractivity contribution in [3.63, 3.8) is 0 Å². The Morgan fingerprint density at radius 3 is 2.20 bits per heavy atom. The molecule has 0 saturated carbocycles. The van der Waals surface area contributed by atoms with Gasteiger partial charge in [0.25, 0.3) is 0 Å². The third-order valence-electron chi connectivity index (χ3n) is 3.68. The molecule has 1 unspecified atom stereocenters. The van der Waals surface area contributed by atoms with Gasteiger partial charge in [-0.05, 0) is 61.9 Å². The number of hydrogen-bond donors (Lipinski definition) is 1. The van der Waals surface area contributed by atoms with E-state index in [0.717, 1.165) is 18.8 Å². The number of aryl methyl sites for hydroxylation is 2. The minimum atomic E-state index is 0.216. The van der Waals surface area contributed by atoms with E-state index in [1.807, 2.05) is 0 Å². The molecule has 1 rings (SSSR count). The van der Waals surface area contributed by atoms with Gasteiger partial charge < -0.3 is 10.1 Å². The molecule has 2 heteroatoms. The first-order valence-corrected chi connectivity index (χ1v) is 7.76. The van der Waals surface area contributed by atoms with Crippen LogP contribution in [0.5, 0.6) is 5.75 Å². The van der Waals surface area contributed by atoms with Gasteiger partial charge in [-0.3, -0.25) is 0 Å². The smallest absolute Gasteiger partial charge is 0.123 e. The molecule has 0 aliphatic heterocycles. The van der Waals surface area contributed by atoms with Crippen LogP contribution in [0.4, 0.5) is 0 Å². The number of rotatable bonds is 7. The van der Waals surface area contributed by atoms with Crippen LogP contribution < -0.4 is 10.1 Å². The lowest BCUT2D eigenvalue weighted by atomic mass is 10.0. The van der Waals surface area contributed by atoms with Crippen molar-refractivity contribution >= 4 is 0 Å². The van der Waals surface area contributed by atoms with Crippen LogP contribution >= 0.6 is 0 Å². The van der Waals surface area contributed by atoms with Crippen LogP contribution in [0.3, 0.4) is 0 Å². The average molecular weight is 277 g/mol. The van der Waals surface area contributed by atoms with Crippen LogP contribution in [0, 0.1) is 32.6 Å². The van der Waals surface area contributed by atoms with Gasteiger partial charge in [0.15, 0.2) is 0 Å². The third-order valence-corrected chi connectivity index (χ3v) is 3.68. The first kappa shape index (κ1) is 17.0. The summed E-state index contributed by atoms with van der Waals surface area (Å²) in [4.78, 5) is 0. The Hall–Kier alpha value is -1.02. The fraction of sp³-hybridized carbons (Fsp3) is 0.667. The summed E-state index contributed by atoms with van der Waals surface area (Å²) < 4.78 is 6.29. The molecule has 1 atom stereocenters. The zero-order chi connectivity index (χ0) is 15.3. The minimum Gasteiger partial charge on any atom is -0.489 e. The second-order valence-corrected chi connectivity index (χ2v) is 6.66. The van der Waals surface area contributed by atoms with Crippen molar-refractivity contribution in [1.29, 1.82) is 0 Å². The summed E-state index contributed by atoms with van der Waals surface area (Å²) in [5, 5.41) is 3.51. The average Bonchev–Trinajstić information content (AvgIpc) is 2.33. The van der Waals surface area contributed by atoms with Gasteiger partial charge in [-0.25, -0.2) is 0 Å². The van der Waals surface area contributed by atoms with Gasteiger partial charge in [-0.2, -0.15) is 0 Å². The molecule has 0 radical (unpaired) electrons. The fourth-order valence-electron chi connectivity index (χ4n) is 2.21. The standard InChI is InChI=1S/C18H31NO/c1-12(2)10-19-11-18(13(3)4)20-17-9-14(5)8-15(6)16(17)7/h8-9,12-13,18-19H,10-11H2,1-7H3. The summed E-state index contributed by atoms with van der Waals surface area (Å²) in [6, 6.07) is 4.36. The van der Waals surface area contributed by atoms with E-state index in [1.54, 1.807) is 0 Å². The Morgan fingerprint density at radius 2 is 1.65 bits per heavy atom. The summed E-state index contributed by atoms with van der Waals surface area (Å²) in [6.45, 7) is 17.3. The van der Waals surface area contributed by atoms with E-state index in [1.165, 1.54) is 16.7 Å². The predicted octanol–water partition coefficient (Wildman–Crippen LogP) is 4.26. The molecule has 1 N–H and O–H groups in total. The second-order valence-electron chi connectivity index (χ2n) is 6.66. The summed E-state index contributed by atoms with van der Waals surface area (Å²) in [5.41, 5.74) is 3.82. The zero-order valence-corrected chi connectivity index (χ0v) is 14.2. The van der Waals surface area contributed by atoms with Crippen molar-refractivity contribution in [3.8, 4) is 5.75 Å². The van der Waals surface area contributed by atoms with Gasteiger partial charge in [0.05, 0.1) is 0 Å². The number of hydrogen-bond acceptors (Lipinski definition) is 2. The Labute approximate surface area is 124 Å². The molecule has 1 aromatic rings. The maximum atomic E-state index is 6.29. The van der Waals surface area contributed by atoms with E-state index in [2.05, 4.69) is 65.9 Å². The van der Waals surface area contributed by atoms with Crippen molar-refractivity contribution < 1.29 is 4.74 Å². The lowest BCUT2D eigenvalue weighted by Crippen LogP contribution is -2.37. The van der Waals surface area contributed by atoms with E-state index in [0.29, 0.717) is 11.8 Å². The van der Waals surface area contributed by atoms with Crippen LogP contribution in [0.1, 0.15) is 44.4 Å². The first-order valence-electron chi connectivity index (χ1n) is 7.76. The topological polar surface area (TPSA) is 21.3 Å². The SMILES string of the molecule is Cc1cc(C)c(C)c(OC(CNCC(C)C)C(C)C)c1. The maximum Gasteiger partial charge on any atom is 0.123 e. The molecule has 0 bridgehead atoms. The van der Waals surface area contributed by atoms with E-state index in [9.17, 15) is 0 Å². The van der Waals surface area contributed by atoms with E-state index < -0.39 is 0 Å². The number of benzene rings is 1. The number of nitrogens with one attached hydrogen (secondary N) is 1. The fourth-order valence-corrected chi connectivity index (χ4v) is 2.21. The van der Waals surface area contributed by atoms with E-state index >= 15 is 0 Å². The highest BCUT2D eigenvalue weighted by atomic mass is 16.5. The molecular weight excluding hydrogens is 246 g/mol. The minimum absolute atomic E-state index is 0.216.